The fourth-order valence-electron chi connectivity index (χ4n) is 4.93. The van der Waals surface area contributed by atoms with Gasteiger partial charge < -0.3 is 4.74 Å². The molecule has 0 saturated carbocycles. The Bertz CT molecular complexity index is 737. The summed E-state index contributed by atoms with van der Waals surface area (Å²) in [4.78, 5) is 2.75. The maximum Gasteiger partial charge on any atom is 0.126 e. The maximum absolute atomic E-state index is 6.36. The van der Waals surface area contributed by atoms with Crippen LogP contribution in [0.5, 0.6) is 5.75 Å². The zero-order chi connectivity index (χ0) is 17.9. The molecule has 0 aromatic heterocycles. The summed E-state index contributed by atoms with van der Waals surface area (Å²) in [6.07, 6.45) is 6.36. The number of piperidine rings is 1. The SMILES string of the molecule is CCCN1CCC[C@@H]2Cc3c(ccc(C)c3OCc3ccccc3)C[C@H]21. The monoisotopic (exact) mass is 349 g/mol. The molecule has 0 amide bonds. The number of likely N-dealkylation sites (tertiary alicyclic amines) is 1. The van der Waals surface area contributed by atoms with Crippen LogP contribution in [0.2, 0.25) is 0 Å². The van der Waals surface area contributed by atoms with E-state index >= 15 is 0 Å². The third-order valence-corrected chi connectivity index (χ3v) is 6.22. The number of aryl methyl sites for hydroxylation is 1. The quantitative estimate of drug-likeness (QED) is 0.739. The third-order valence-electron chi connectivity index (χ3n) is 6.22. The van der Waals surface area contributed by atoms with Crippen LogP contribution in [0.4, 0.5) is 0 Å². The van der Waals surface area contributed by atoms with Crippen molar-refractivity contribution < 1.29 is 4.74 Å². The Labute approximate surface area is 158 Å². The van der Waals surface area contributed by atoms with E-state index in [1.165, 1.54) is 67.4 Å². The first-order valence-corrected chi connectivity index (χ1v) is 10.3. The Morgan fingerprint density at radius 2 is 1.92 bits per heavy atom. The molecule has 1 aliphatic heterocycles. The second kappa shape index (κ2) is 7.84. The van der Waals surface area contributed by atoms with Crippen LogP contribution < -0.4 is 4.74 Å². The molecule has 2 atom stereocenters. The Balaban J connectivity index is 1.58. The topological polar surface area (TPSA) is 12.5 Å². The lowest BCUT2D eigenvalue weighted by molar-refractivity contribution is 0.0846. The molecule has 1 saturated heterocycles. The summed E-state index contributed by atoms with van der Waals surface area (Å²) in [5.74, 6) is 1.95. The molecule has 0 spiro atoms. The standard InChI is InChI=1S/C24H31NO/c1-3-13-25-14-7-10-21-15-22-20(16-23(21)25)12-11-18(2)24(22)26-17-19-8-5-4-6-9-19/h4-6,8-9,11-12,21,23H,3,7,10,13-17H2,1-2H3/t21-,23-/m1/s1. The molecule has 2 aromatic rings. The predicted molar refractivity (Wildman–Crippen MR) is 108 cm³/mol. The molecule has 1 heterocycles. The van der Waals surface area contributed by atoms with Crippen molar-refractivity contribution >= 4 is 0 Å². The molecule has 0 N–H and O–H groups in total. The lowest BCUT2D eigenvalue weighted by atomic mass is 9.74. The smallest absolute Gasteiger partial charge is 0.126 e. The van der Waals surface area contributed by atoms with Gasteiger partial charge >= 0.3 is 0 Å². The average Bonchev–Trinajstić information content (AvgIpc) is 2.67. The molecule has 2 aromatic carbocycles. The minimum Gasteiger partial charge on any atom is -0.488 e. The van der Waals surface area contributed by atoms with E-state index in [1.54, 1.807) is 0 Å². The number of benzene rings is 2. The van der Waals surface area contributed by atoms with Gasteiger partial charge in [0.15, 0.2) is 0 Å². The second-order valence-electron chi connectivity index (χ2n) is 8.04. The van der Waals surface area contributed by atoms with Crippen LogP contribution in [-0.2, 0) is 19.4 Å². The van der Waals surface area contributed by atoms with Gasteiger partial charge in [-0.05, 0) is 80.3 Å². The first kappa shape index (κ1) is 17.6. The Morgan fingerprint density at radius 1 is 1.08 bits per heavy atom. The molecule has 0 unspecified atom stereocenters. The molecule has 4 rings (SSSR count). The summed E-state index contributed by atoms with van der Waals surface area (Å²) in [5.41, 5.74) is 5.52. The van der Waals surface area contributed by atoms with Crippen molar-refractivity contribution in [3.63, 3.8) is 0 Å². The highest BCUT2D eigenvalue weighted by molar-refractivity contribution is 5.48. The van der Waals surface area contributed by atoms with Crippen LogP contribution in [0.3, 0.4) is 0 Å². The molecule has 2 aliphatic rings. The third kappa shape index (κ3) is 3.53. The number of hydrogen-bond acceptors (Lipinski definition) is 2. The van der Waals surface area contributed by atoms with Crippen molar-refractivity contribution in [2.24, 2.45) is 5.92 Å². The minimum absolute atomic E-state index is 0.661. The highest BCUT2D eigenvalue weighted by Crippen LogP contribution is 2.40. The van der Waals surface area contributed by atoms with E-state index in [2.05, 4.69) is 61.2 Å². The second-order valence-corrected chi connectivity index (χ2v) is 8.04. The first-order chi connectivity index (χ1) is 12.8. The van der Waals surface area contributed by atoms with E-state index in [1.807, 2.05) is 0 Å². The van der Waals surface area contributed by atoms with Gasteiger partial charge in [-0.1, -0.05) is 49.4 Å². The predicted octanol–water partition coefficient (Wildman–Crippen LogP) is 5.16. The van der Waals surface area contributed by atoms with Crippen LogP contribution in [0.15, 0.2) is 42.5 Å². The van der Waals surface area contributed by atoms with Crippen molar-refractivity contribution in [3.05, 3.63) is 64.7 Å². The van der Waals surface area contributed by atoms with Crippen LogP contribution >= 0.6 is 0 Å². The first-order valence-electron chi connectivity index (χ1n) is 10.3. The van der Waals surface area contributed by atoms with Gasteiger partial charge in [0.05, 0.1) is 0 Å². The molecule has 1 fully saturated rings. The zero-order valence-electron chi connectivity index (χ0n) is 16.2. The van der Waals surface area contributed by atoms with Crippen LogP contribution in [0.1, 0.15) is 48.4 Å². The van der Waals surface area contributed by atoms with Crippen molar-refractivity contribution in [2.75, 3.05) is 13.1 Å². The van der Waals surface area contributed by atoms with Gasteiger partial charge in [-0.15, -0.1) is 0 Å². The average molecular weight is 350 g/mol. The Kier molecular flexibility index (Phi) is 5.31. The minimum atomic E-state index is 0.661. The van der Waals surface area contributed by atoms with Gasteiger partial charge in [0.1, 0.15) is 12.4 Å². The summed E-state index contributed by atoms with van der Waals surface area (Å²) in [7, 11) is 0. The van der Waals surface area contributed by atoms with Crippen molar-refractivity contribution in [2.45, 2.75) is 58.6 Å². The molecule has 2 heteroatoms. The lowest BCUT2D eigenvalue weighted by Gasteiger charge is -2.45. The summed E-state index contributed by atoms with van der Waals surface area (Å²) in [6.45, 7) is 7.69. The number of hydrogen-bond donors (Lipinski definition) is 0. The number of rotatable bonds is 5. The molecular formula is C24H31NO. The number of ether oxygens (including phenoxy) is 1. The van der Waals surface area contributed by atoms with Crippen LogP contribution in [0, 0.1) is 12.8 Å². The zero-order valence-corrected chi connectivity index (χ0v) is 16.2. The summed E-state index contributed by atoms with van der Waals surface area (Å²) in [5, 5.41) is 0. The molecule has 2 nitrogen and oxygen atoms in total. The molecule has 0 bridgehead atoms. The Hall–Kier alpha value is -1.80. The van der Waals surface area contributed by atoms with E-state index in [0.717, 1.165) is 17.7 Å². The van der Waals surface area contributed by atoms with Gasteiger partial charge in [-0.2, -0.15) is 0 Å². The van der Waals surface area contributed by atoms with Gasteiger partial charge in [0.2, 0.25) is 0 Å². The maximum atomic E-state index is 6.36. The lowest BCUT2D eigenvalue weighted by Crippen LogP contribution is -2.49. The van der Waals surface area contributed by atoms with Gasteiger partial charge in [0, 0.05) is 6.04 Å². The molecular weight excluding hydrogens is 318 g/mol. The highest BCUT2D eigenvalue weighted by Gasteiger charge is 2.36. The van der Waals surface area contributed by atoms with E-state index in [0.29, 0.717) is 6.61 Å². The summed E-state index contributed by atoms with van der Waals surface area (Å²) in [6, 6.07) is 15.9. The van der Waals surface area contributed by atoms with E-state index in [9.17, 15) is 0 Å². The molecule has 26 heavy (non-hydrogen) atoms. The summed E-state index contributed by atoms with van der Waals surface area (Å²) >= 11 is 0. The largest absolute Gasteiger partial charge is 0.488 e. The molecule has 0 radical (unpaired) electrons. The number of nitrogens with zero attached hydrogens (tertiary/aromatic N) is 1. The fraction of sp³-hybridized carbons (Fsp3) is 0.500. The van der Waals surface area contributed by atoms with Gasteiger partial charge in [-0.3, -0.25) is 4.90 Å². The van der Waals surface area contributed by atoms with E-state index in [-0.39, 0.29) is 0 Å². The van der Waals surface area contributed by atoms with E-state index < -0.39 is 0 Å². The molecule has 138 valence electrons. The van der Waals surface area contributed by atoms with Crippen molar-refractivity contribution in [1.29, 1.82) is 0 Å². The normalized spacial score (nSPS) is 22.5. The van der Waals surface area contributed by atoms with E-state index in [4.69, 9.17) is 4.74 Å². The van der Waals surface area contributed by atoms with Gasteiger partial charge in [0.25, 0.3) is 0 Å². The van der Waals surface area contributed by atoms with Crippen molar-refractivity contribution in [1.82, 2.24) is 4.90 Å². The Morgan fingerprint density at radius 3 is 2.73 bits per heavy atom. The number of fused-ring (bicyclic) bond motifs is 2. The summed E-state index contributed by atoms with van der Waals surface area (Å²) < 4.78 is 6.36. The van der Waals surface area contributed by atoms with Crippen LogP contribution in [0.25, 0.3) is 0 Å². The molecule has 1 aliphatic carbocycles. The van der Waals surface area contributed by atoms with Crippen LogP contribution in [-0.4, -0.2) is 24.0 Å². The van der Waals surface area contributed by atoms with Gasteiger partial charge in [-0.25, -0.2) is 0 Å². The van der Waals surface area contributed by atoms with Crippen molar-refractivity contribution in [3.8, 4) is 5.75 Å². The fourth-order valence-corrected chi connectivity index (χ4v) is 4.93. The highest BCUT2D eigenvalue weighted by atomic mass is 16.5.